The average Bonchev–Trinajstić information content (AvgIpc) is 3.07. The van der Waals surface area contributed by atoms with Crippen LogP contribution in [-0.4, -0.2) is 28.9 Å². The standard InChI is InChI=1S/C21H20ClFN2O/c22-17-5-3-14(4-6-17)10-21(26)25-9-1-2-15(13-25)20-12-16-11-18(23)7-8-19(16)24-20/h3-8,11-12,15,24H,1-2,9-10,13H2. The Balaban J connectivity index is 1.47. The number of piperidine rings is 1. The van der Waals surface area contributed by atoms with Crippen molar-refractivity contribution in [1.82, 2.24) is 9.88 Å². The van der Waals surface area contributed by atoms with Gasteiger partial charge < -0.3 is 9.88 Å². The molecule has 134 valence electrons. The first-order valence-electron chi connectivity index (χ1n) is 8.89. The van der Waals surface area contributed by atoms with Crippen molar-refractivity contribution in [2.45, 2.75) is 25.2 Å². The quantitative estimate of drug-likeness (QED) is 0.698. The zero-order chi connectivity index (χ0) is 18.1. The highest BCUT2D eigenvalue weighted by molar-refractivity contribution is 6.30. The molecule has 2 aromatic carbocycles. The number of nitrogens with one attached hydrogen (secondary N) is 1. The topological polar surface area (TPSA) is 36.1 Å². The Labute approximate surface area is 156 Å². The van der Waals surface area contributed by atoms with Crippen LogP contribution in [0.3, 0.4) is 0 Å². The molecule has 2 heterocycles. The van der Waals surface area contributed by atoms with Crippen molar-refractivity contribution in [1.29, 1.82) is 0 Å². The highest BCUT2D eigenvalue weighted by atomic mass is 35.5. The van der Waals surface area contributed by atoms with E-state index >= 15 is 0 Å². The number of aromatic amines is 1. The summed E-state index contributed by atoms with van der Waals surface area (Å²) in [6.45, 7) is 1.49. The van der Waals surface area contributed by atoms with Crippen LogP contribution >= 0.6 is 11.6 Å². The Kier molecular flexibility index (Phi) is 4.68. The molecular formula is C21H20ClFN2O. The molecule has 5 heteroatoms. The van der Waals surface area contributed by atoms with Crippen LogP contribution < -0.4 is 0 Å². The largest absolute Gasteiger partial charge is 0.358 e. The first-order chi connectivity index (χ1) is 12.6. The van der Waals surface area contributed by atoms with Crippen LogP contribution in [0.25, 0.3) is 10.9 Å². The molecule has 0 bridgehead atoms. The summed E-state index contributed by atoms with van der Waals surface area (Å²) in [7, 11) is 0. The molecule has 1 amide bonds. The van der Waals surface area contributed by atoms with Gasteiger partial charge in [0, 0.05) is 40.6 Å². The molecule has 0 saturated carbocycles. The number of benzene rings is 2. The number of amides is 1. The summed E-state index contributed by atoms with van der Waals surface area (Å²) in [6.07, 6.45) is 2.39. The summed E-state index contributed by atoms with van der Waals surface area (Å²) in [6, 6.07) is 14.2. The van der Waals surface area contributed by atoms with Gasteiger partial charge in [-0.25, -0.2) is 4.39 Å². The molecule has 26 heavy (non-hydrogen) atoms. The molecule has 3 nitrogen and oxygen atoms in total. The number of H-pyrrole nitrogens is 1. The Hall–Kier alpha value is -2.33. The number of aromatic nitrogens is 1. The van der Waals surface area contributed by atoms with Crippen molar-refractivity contribution in [2.24, 2.45) is 0 Å². The second kappa shape index (κ2) is 7.12. The van der Waals surface area contributed by atoms with Crippen LogP contribution in [0.15, 0.2) is 48.5 Å². The van der Waals surface area contributed by atoms with E-state index < -0.39 is 0 Å². The van der Waals surface area contributed by atoms with Crippen molar-refractivity contribution < 1.29 is 9.18 Å². The lowest BCUT2D eigenvalue weighted by Gasteiger charge is -2.32. The summed E-state index contributed by atoms with van der Waals surface area (Å²) < 4.78 is 13.4. The zero-order valence-electron chi connectivity index (χ0n) is 14.3. The van der Waals surface area contributed by atoms with Gasteiger partial charge in [-0.05, 0) is 54.8 Å². The number of carbonyl (C=O) groups is 1. The normalized spacial score (nSPS) is 17.6. The third kappa shape index (κ3) is 3.61. The highest BCUT2D eigenvalue weighted by Gasteiger charge is 2.25. The number of rotatable bonds is 3. The lowest BCUT2D eigenvalue weighted by molar-refractivity contribution is -0.131. The molecular weight excluding hydrogens is 351 g/mol. The van der Waals surface area contributed by atoms with Gasteiger partial charge in [0.05, 0.1) is 6.42 Å². The maximum Gasteiger partial charge on any atom is 0.227 e. The first kappa shape index (κ1) is 17.1. The van der Waals surface area contributed by atoms with Crippen LogP contribution in [0.2, 0.25) is 5.02 Å². The molecule has 1 atom stereocenters. The third-order valence-electron chi connectivity index (χ3n) is 5.09. The average molecular weight is 371 g/mol. The van der Waals surface area contributed by atoms with Crippen LogP contribution in [0, 0.1) is 5.82 Å². The van der Waals surface area contributed by atoms with E-state index in [2.05, 4.69) is 4.98 Å². The Morgan fingerprint density at radius 3 is 2.81 bits per heavy atom. The van der Waals surface area contributed by atoms with Crippen molar-refractivity contribution >= 4 is 28.4 Å². The summed E-state index contributed by atoms with van der Waals surface area (Å²) in [5.74, 6) is 0.166. The third-order valence-corrected chi connectivity index (χ3v) is 5.34. The molecule has 4 rings (SSSR count). The summed E-state index contributed by atoms with van der Waals surface area (Å²) in [5.41, 5.74) is 2.99. The SMILES string of the molecule is O=C(Cc1ccc(Cl)cc1)N1CCCC(c2cc3cc(F)ccc3[nH]2)C1. The van der Waals surface area contributed by atoms with E-state index in [1.165, 1.54) is 6.07 Å². The maximum absolute atomic E-state index is 13.4. The van der Waals surface area contributed by atoms with Gasteiger partial charge in [-0.3, -0.25) is 4.79 Å². The minimum absolute atomic E-state index is 0.138. The Bertz CT molecular complexity index is 935. The van der Waals surface area contributed by atoms with Gasteiger partial charge in [0.25, 0.3) is 0 Å². The fraction of sp³-hybridized carbons (Fsp3) is 0.286. The summed E-state index contributed by atoms with van der Waals surface area (Å²) >= 11 is 5.90. The minimum Gasteiger partial charge on any atom is -0.358 e. The van der Waals surface area contributed by atoms with E-state index in [9.17, 15) is 9.18 Å². The van der Waals surface area contributed by atoms with Gasteiger partial charge in [-0.15, -0.1) is 0 Å². The van der Waals surface area contributed by atoms with Crippen LogP contribution in [-0.2, 0) is 11.2 Å². The molecule has 1 aromatic heterocycles. The van der Waals surface area contributed by atoms with Gasteiger partial charge >= 0.3 is 0 Å². The number of halogens is 2. The molecule has 1 unspecified atom stereocenters. The first-order valence-corrected chi connectivity index (χ1v) is 9.27. The van der Waals surface area contributed by atoms with E-state index in [-0.39, 0.29) is 17.6 Å². The summed E-state index contributed by atoms with van der Waals surface area (Å²) in [4.78, 5) is 18.0. The van der Waals surface area contributed by atoms with E-state index in [0.29, 0.717) is 18.0 Å². The Morgan fingerprint density at radius 2 is 2.00 bits per heavy atom. The molecule has 3 aromatic rings. The lowest BCUT2D eigenvalue weighted by atomic mass is 9.94. The molecule has 1 aliphatic rings. The molecule has 0 radical (unpaired) electrons. The van der Waals surface area contributed by atoms with Crippen LogP contribution in [0.4, 0.5) is 4.39 Å². The van der Waals surface area contributed by atoms with E-state index in [4.69, 9.17) is 11.6 Å². The minimum atomic E-state index is -0.230. The predicted molar refractivity (Wildman–Crippen MR) is 102 cm³/mol. The van der Waals surface area contributed by atoms with E-state index in [0.717, 1.165) is 41.5 Å². The Morgan fingerprint density at radius 1 is 1.19 bits per heavy atom. The second-order valence-corrected chi connectivity index (χ2v) is 7.37. The molecule has 1 aliphatic heterocycles. The van der Waals surface area contributed by atoms with Crippen LogP contribution in [0.5, 0.6) is 0 Å². The van der Waals surface area contributed by atoms with Crippen molar-refractivity contribution in [3.05, 3.63) is 70.6 Å². The van der Waals surface area contributed by atoms with Crippen LogP contribution in [0.1, 0.15) is 30.0 Å². The summed E-state index contributed by atoms with van der Waals surface area (Å²) in [5, 5.41) is 1.55. The molecule has 1 fully saturated rings. The number of likely N-dealkylation sites (tertiary alicyclic amines) is 1. The lowest BCUT2D eigenvalue weighted by Crippen LogP contribution is -2.40. The number of carbonyl (C=O) groups excluding carboxylic acids is 1. The number of hydrogen-bond acceptors (Lipinski definition) is 1. The van der Waals surface area contributed by atoms with Gasteiger partial charge in [-0.2, -0.15) is 0 Å². The molecule has 0 spiro atoms. The fourth-order valence-corrected chi connectivity index (χ4v) is 3.82. The number of hydrogen-bond donors (Lipinski definition) is 1. The molecule has 1 saturated heterocycles. The monoisotopic (exact) mass is 370 g/mol. The molecule has 0 aliphatic carbocycles. The zero-order valence-corrected chi connectivity index (χ0v) is 15.1. The fourth-order valence-electron chi connectivity index (χ4n) is 3.69. The molecule has 1 N–H and O–H groups in total. The predicted octanol–water partition coefficient (Wildman–Crippen LogP) is 4.91. The van der Waals surface area contributed by atoms with Gasteiger partial charge in [0.2, 0.25) is 5.91 Å². The smallest absolute Gasteiger partial charge is 0.227 e. The van der Waals surface area contributed by atoms with E-state index in [1.807, 2.05) is 35.2 Å². The van der Waals surface area contributed by atoms with Gasteiger partial charge in [0.1, 0.15) is 5.82 Å². The van der Waals surface area contributed by atoms with Gasteiger partial charge in [0.15, 0.2) is 0 Å². The van der Waals surface area contributed by atoms with Gasteiger partial charge in [-0.1, -0.05) is 23.7 Å². The number of nitrogens with zero attached hydrogens (tertiary/aromatic N) is 1. The second-order valence-electron chi connectivity index (χ2n) is 6.94. The van der Waals surface area contributed by atoms with Crippen molar-refractivity contribution in [3.8, 4) is 0 Å². The maximum atomic E-state index is 13.4. The van der Waals surface area contributed by atoms with E-state index in [1.54, 1.807) is 12.1 Å². The highest BCUT2D eigenvalue weighted by Crippen LogP contribution is 2.29. The number of fused-ring (bicyclic) bond motifs is 1. The van der Waals surface area contributed by atoms with Crippen molar-refractivity contribution in [2.75, 3.05) is 13.1 Å². The van der Waals surface area contributed by atoms with Crippen molar-refractivity contribution in [3.63, 3.8) is 0 Å².